The van der Waals surface area contributed by atoms with E-state index in [9.17, 15) is 4.79 Å². The molecular weight excluding hydrogens is 286 g/mol. The van der Waals surface area contributed by atoms with Crippen LogP contribution in [0.4, 0.5) is 5.69 Å². The van der Waals surface area contributed by atoms with Crippen LogP contribution in [0.2, 0.25) is 5.02 Å². The molecule has 2 aromatic rings. The summed E-state index contributed by atoms with van der Waals surface area (Å²) in [5.41, 5.74) is 7.76. The minimum Gasteiger partial charge on any atom is -0.320 e. The summed E-state index contributed by atoms with van der Waals surface area (Å²) in [6.07, 6.45) is 1.58. The van der Waals surface area contributed by atoms with Crippen LogP contribution in [0.15, 0.2) is 36.5 Å². The largest absolute Gasteiger partial charge is 0.320 e. The van der Waals surface area contributed by atoms with Gasteiger partial charge in [0.05, 0.1) is 12.2 Å². The Kier molecular flexibility index (Phi) is 4.94. The molecule has 21 heavy (non-hydrogen) atoms. The molecule has 1 aromatic heterocycles. The number of halogens is 1. The molecule has 0 radical (unpaired) electrons. The van der Waals surface area contributed by atoms with Gasteiger partial charge in [0.25, 0.3) is 5.91 Å². The standard InChI is InChI=1S/C16H14ClN3O/c1-11-4-3-9-19-15(11)16(21)20-14-7-6-13(17)10-12(14)5-2-8-18/h3-4,6-7,9-10H,8,18H2,1H3,(H,20,21). The number of nitrogens with zero attached hydrogens (tertiary/aromatic N) is 1. The van der Waals surface area contributed by atoms with Crippen molar-refractivity contribution >= 4 is 23.2 Å². The molecule has 3 N–H and O–H groups in total. The molecule has 0 bridgehead atoms. The van der Waals surface area contributed by atoms with E-state index in [1.165, 1.54) is 0 Å². The molecule has 0 saturated heterocycles. The van der Waals surface area contributed by atoms with Crippen LogP contribution < -0.4 is 11.1 Å². The Morgan fingerprint density at radius 1 is 1.43 bits per heavy atom. The van der Waals surface area contributed by atoms with E-state index in [1.54, 1.807) is 30.5 Å². The number of pyridine rings is 1. The van der Waals surface area contributed by atoms with Gasteiger partial charge in [-0.1, -0.05) is 29.5 Å². The normalized spacial score (nSPS) is 9.67. The van der Waals surface area contributed by atoms with Gasteiger partial charge in [-0.15, -0.1) is 0 Å². The molecule has 1 amide bonds. The molecule has 4 nitrogen and oxygen atoms in total. The third-order valence-corrected chi connectivity index (χ3v) is 3.01. The van der Waals surface area contributed by atoms with Gasteiger partial charge in [-0.3, -0.25) is 9.78 Å². The number of benzene rings is 1. The molecule has 5 heteroatoms. The molecule has 1 heterocycles. The fraction of sp³-hybridized carbons (Fsp3) is 0.125. The molecule has 0 aliphatic heterocycles. The van der Waals surface area contributed by atoms with Crippen molar-refractivity contribution in [3.05, 3.63) is 58.4 Å². The van der Waals surface area contributed by atoms with Crippen molar-refractivity contribution in [3.63, 3.8) is 0 Å². The molecule has 0 unspecified atom stereocenters. The number of carbonyl (C=O) groups is 1. The first-order valence-corrected chi connectivity index (χ1v) is 6.71. The number of hydrogen-bond donors (Lipinski definition) is 2. The van der Waals surface area contributed by atoms with Crippen molar-refractivity contribution in [3.8, 4) is 11.8 Å². The monoisotopic (exact) mass is 299 g/mol. The van der Waals surface area contributed by atoms with Gasteiger partial charge in [0.2, 0.25) is 0 Å². The minimum absolute atomic E-state index is 0.235. The summed E-state index contributed by atoms with van der Waals surface area (Å²) < 4.78 is 0. The van der Waals surface area contributed by atoms with E-state index in [1.807, 2.05) is 13.0 Å². The number of aryl methyl sites for hydroxylation is 1. The summed E-state index contributed by atoms with van der Waals surface area (Å²) in [6.45, 7) is 2.07. The van der Waals surface area contributed by atoms with Crippen LogP contribution in [0, 0.1) is 18.8 Å². The Morgan fingerprint density at radius 2 is 2.24 bits per heavy atom. The van der Waals surface area contributed by atoms with Crippen LogP contribution in [0.5, 0.6) is 0 Å². The number of anilines is 1. The van der Waals surface area contributed by atoms with Gasteiger partial charge in [0.1, 0.15) is 5.69 Å². The molecule has 0 aliphatic rings. The molecular formula is C16H14ClN3O. The lowest BCUT2D eigenvalue weighted by molar-refractivity contribution is 0.102. The highest BCUT2D eigenvalue weighted by atomic mass is 35.5. The maximum absolute atomic E-state index is 12.3. The highest BCUT2D eigenvalue weighted by Gasteiger charge is 2.12. The lowest BCUT2D eigenvalue weighted by Crippen LogP contribution is -2.15. The van der Waals surface area contributed by atoms with Crippen molar-refractivity contribution in [1.29, 1.82) is 0 Å². The van der Waals surface area contributed by atoms with Gasteiger partial charge in [-0.05, 0) is 36.8 Å². The summed E-state index contributed by atoms with van der Waals surface area (Å²) in [5, 5.41) is 3.35. The van der Waals surface area contributed by atoms with Crippen molar-refractivity contribution < 1.29 is 4.79 Å². The Bertz CT molecular complexity index is 732. The topological polar surface area (TPSA) is 68.0 Å². The Hall–Kier alpha value is -2.35. The third kappa shape index (κ3) is 3.82. The summed E-state index contributed by atoms with van der Waals surface area (Å²) in [4.78, 5) is 16.4. The fourth-order valence-corrected chi connectivity index (χ4v) is 1.95. The van der Waals surface area contributed by atoms with Gasteiger partial charge >= 0.3 is 0 Å². The summed E-state index contributed by atoms with van der Waals surface area (Å²) in [6, 6.07) is 8.70. The number of nitrogens with two attached hydrogens (primary N) is 1. The Balaban J connectivity index is 2.31. The molecule has 106 valence electrons. The number of carbonyl (C=O) groups excluding carboxylic acids is 1. The quantitative estimate of drug-likeness (QED) is 0.838. The van der Waals surface area contributed by atoms with Gasteiger partial charge in [0, 0.05) is 16.8 Å². The van der Waals surface area contributed by atoms with E-state index < -0.39 is 0 Å². The van der Waals surface area contributed by atoms with Crippen LogP contribution >= 0.6 is 11.6 Å². The second-order valence-electron chi connectivity index (χ2n) is 4.32. The number of aromatic nitrogens is 1. The lowest BCUT2D eigenvalue weighted by atomic mass is 10.1. The van der Waals surface area contributed by atoms with Gasteiger partial charge < -0.3 is 11.1 Å². The van der Waals surface area contributed by atoms with Gasteiger partial charge in [0.15, 0.2) is 0 Å². The molecule has 2 rings (SSSR count). The van der Waals surface area contributed by atoms with Crippen molar-refractivity contribution in [2.45, 2.75) is 6.92 Å². The molecule has 0 aliphatic carbocycles. The first-order valence-electron chi connectivity index (χ1n) is 6.33. The zero-order chi connectivity index (χ0) is 15.2. The Morgan fingerprint density at radius 3 is 2.95 bits per heavy atom. The zero-order valence-corrected chi connectivity index (χ0v) is 12.2. The maximum atomic E-state index is 12.3. The average molecular weight is 300 g/mol. The highest BCUT2D eigenvalue weighted by Crippen LogP contribution is 2.20. The predicted molar refractivity (Wildman–Crippen MR) is 84.3 cm³/mol. The van der Waals surface area contributed by atoms with Crippen LogP contribution in [-0.2, 0) is 0 Å². The smallest absolute Gasteiger partial charge is 0.274 e. The van der Waals surface area contributed by atoms with Crippen LogP contribution in [0.3, 0.4) is 0 Å². The number of rotatable bonds is 2. The fourth-order valence-electron chi connectivity index (χ4n) is 1.78. The molecule has 0 saturated carbocycles. The second kappa shape index (κ2) is 6.89. The van der Waals surface area contributed by atoms with Crippen molar-refractivity contribution in [1.82, 2.24) is 4.98 Å². The number of hydrogen-bond acceptors (Lipinski definition) is 3. The van der Waals surface area contributed by atoms with E-state index in [0.29, 0.717) is 22.0 Å². The van der Waals surface area contributed by atoms with Crippen molar-refractivity contribution in [2.75, 3.05) is 11.9 Å². The first kappa shape index (κ1) is 15.0. The van der Waals surface area contributed by atoms with Gasteiger partial charge in [-0.2, -0.15) is 0 Å². The molecule has 0 fully saturated rings. The minimum atomic E-state index is -0.286. The van der Waals surface area contributed by atoms with Gasteiger partial charge in [-0.25, -0.2) is 0 Å². The lowest BCUT2D eigenvalue weighted by Gasteiger charge is -2.09. The first-order chi connectivity index (χ1) is 10.1. The SMILES string of the molecule is Cc1cccnc1C(=O)Nc1ccc(Cl)cc1C#CCN. The van der Waals surface area contributed by atoms with Crippen LogP contribution in [0.25, 0.3) is 0 Å². The average Bonchev–Trinajstić information content (AvgIpc) is 2.47. The summed E-state index contributed by atoms with van der Waals surface area (Å²) in [7, 11) is 0. The van der Waals surface area contributed by atoms with E-state index in [0.717, 1.165) is 5.56 Å². The third-order valence-electron chi connectivity index (χ3n) is 2.78. The molecule has 0 spiro atoms. The number of nitrogens with one attached hydrogen (secondary N) is 1. The van der Waals surface area contributed by atoms with Crippen molar-refractivity contribution in [2.24, 2.45) is 5.73 Å². The van der Waals surface area contributed by atoms with E-state index in [4.69, 9.17) is 17.3 Å². The van der Waals surface area contributed by atoms with E-state index >= 15 is 0 Å². The Labute approximate surface area is 128 Å². The van der Waals surface area contributed by atoms with Crippen LogP contribution in [0.1, 0.15) is 21.6 Å². The summed E-state index contributed by atoms with van der Waals surface area (Å²) in [5.74, 6) is 5.35. The maximum Gasteiger partial charge on any atom is 0.274 e. The zero-order valence-electron chi connectivity index (χ0n) is 11.5. The predicted octanol–water partition coefficient (Wildman–Crippen LogP) is 2.61. The van der Waals surface area contributed by atoms with E-state index in [2.05, 4.69) is 22.1 Å². The number of amides is 1. The second-order valence-corrected chi connectivity index (χ2v) is 4.76. The summed E-state index contributed by atoms with van der Waals surface area (Å²) >= 11 is 5.95. The molecule has 0 atom stereocenters. The van der Waals surface area contributed by atoms with E-state index in [-0.39, 0.29) is 12.5 Å². The highest BCUT2D eigenvalue weighted by molar-refractivity contribution is 6.30. The van der Waals surface area contributed by atoms with Crippen LogP contribution in [-0.4, -0.2) is 17.4 Å². The molecule has 1 aromatic carbocycles.